The first-order valence-corrected chi connectivity index (χ1v) is 5.79. The molecule has 18 heavy (non-hydrogen) atoms. The standard InChI is InChI=1S/C15H17NO2/c1-10-5-4-6-14(11(10)2)18-15-8-7-12(17-3)9-13(15)16/h4-9H,16H2,1-3H3. The van der Waals surface area contributed by atoms with Crippen molar-refractivity contribution in [1.29, 1.82) is 0 Å². The van der Waals surface area contributed by atoms with Crippen LogP contribution < -0.4 is 15.2 Å². The summed E-state index contributed by atoms with van der Waals surface area (Å²) < 4.78 is 10.9. The summed E-state index contributed by atoms with van der Waals surface area (Å²) >= 11 is 0. The van der Waals surface area contributed by atoms with Crippen molar-refractivity contribution in [2.45, 2.75) is 13.8 Å². The Morgan fingerprint density at radius 2 is 1.78 bits per heavy atom. The fourth-order valence-corrected chi connectivity index (χ4v) is 1.70. The summed E-state index contributed by atoms with van der Waals surface area (Å²) in [7, 11) is 1.61. The van der Waals surface area contributed by atoms with Gasteiger partial charge in [-0.15, -0.1) is 0 Å². The van der Waals surface area contributed by atoms with Crippen LogP contribution in [0.3, 0.4) is 0 Å². The van der Waals surface area contributed by atoms with E-state index >= 15 is 0 Å². The average Bonchev–Trinajstić information content (AvgIpc) is 2.37. The summed E-state index contributed by atoms with van der Waals surface area (Å²) in [5.41, 5.74) is 8.81. The van der Waals surface area contributed by atoms with E-state index in [0.717, 1.165) is 17.1 Å². The third-order valence-corrected chi connectivity index (χ3v) is 2.99. The summed E-state index contributed by atoms with van der Waals surface area (Å²) in [5, 5.41) is 0. The average molecular weight is 243 g/mol. The Morgan fingerprint density at radius 1 is 1.00 bits per heavy atom. The van der Waals surface area contributed by atoms with Gasteiger partial charge >= 0.3 is 0 Å². The number of ether oxygens (including phenoxy) is 2. The molecule has 0 bridgehead atoms. The molecule has 0 unspecified atom stereocenters. The Morgan fingerprint density at radius 3 is 2.44 bits per heavy atom. The highest BCUT2D eigenvalue weighted by molar-refractivity contribution is 5.58. The molecule has 0 saturated carbocycles. The van der Waals surface area contributed by atoms with Crippen molar-refractivity contribution < 1.29 is 9.47 Å². The summed E-state index contributed by atoms with van der Waals surface area (Å²) in [4.78, 5) is 0. The molecule has 0 atom stereocenters. The highest BCUT2D eigenvalue weighted by Gasteiger charge is 2.07. The summed E-state index contributed by atoms with van der Waals surface area (Å²) in [6, 6.07) is 11.4. The Hall–Kier alpha value is -2.16. The number of methoxy groups -OCH3 is 1. The highest BCUT2D eigenvalue weighted by atomic mass is 16.5. The molecule has 0 aliphatic carbocycles. The molecular weight excluding hydrogens is 226 g/mol. The molecule has 0 aliphatic heterocycles. The minimum Gasteiger partial charge on any atom is -0.497 e. The van der Waals surface area contributed by atoms with Gasteiger partial charge in [0.1, 0.15) is 11.5 Å². The topological polar surface area (TPSA) is 44.5 Å². The molecule has 3 heteroatoms. The minimum absolute atomic E-state index is 0.565. The zero-order valence-corrected chi connectivity index (χ0v) is 10.9. The molecule has 0 radical (unpaired) electrons. The minimum atomic E-state index is 0.565. The molecule has 0 saturated heterocycles. The van der Waals surface area contributed by atoms with Gasteiger partial charge in [-0.1, -0.05) is 12.1 Å². The fourth-order valence-electron chi connectivity index (χ4n) is 1.70. The third kappa shape index (κ3) is 2.40. The van der Waals surface area contributed by atoms with Crippen molar-refractivity contribution in [2.75, 3.05) is 12.8 Å². The maximum absolute atomic E-state index is 5.93. The lowest BCUT2D eigenvalue weighted by Crippen LogP contribution is -1.95. The van der Waals surface area contributed by atoms with E-state index in [1.54, 1.807) is 13.2 Å². The molecule has 0 fully saturated rings. The zero-order valence-electron chi connectivity index (χ0n) is 10.9. The summed E-state index contributed by atoms with van der Waals surface area (Å²) in [6.07, 6.45) is 0. The first-order chi connectivity index (χ1) is 8.61. The Kier molecular flexibility index (Phi) is 3.42. The van der Waals surface area contributed by atoms with E-state index in [1.165, 1.54) is 5.56 Å². The number of rotatable bonds is 3. The smallest absolute Gasteiger partial charge is 0.150 e. The predicted octanol–water partition coefficient (Wildman–Crippen LogP) is 3.69. The summed E-state index contributed by atoms with van der Waals surface area (Å²) in [5.74, 6) is 2.19. The zero-order chi connectivity index (χ0) is 13.1. The van der Waals surface area contributed by atoms with E-state index in [9.17, 15) is 0 Å². The third-order valence-electron chi connectivity index (χ3n) is 2.99. The Labute approximate surface area is 107 Å². The molecule has 0 spiro atoms. The second-order valence-corrected chi connectivity index (χ2v) is 4.20. The molecular formula is C15H17NO2. The number of nitrogen functional groups attached to an aromatic ring is 1. The van der Waals surface area contributed by atoms with Crippen LogP contribution in [0.4, 0.5) is 5.69 Å². The van der Waals surface area contributed by atoms with Crippen molar-refractivity contribution in [2.24, 2.45) is 0 Å². The Balaban J connectivity index is 2.31. The van der Waals surface area contributed by atoms with Crippen LogP contribution in [-0.4, -0.2) is 7.11 Å². The second-order valence-electron chi connectivity index (χ2n) is 4.20. The molecule has 2 rings (SSSR count). The van der Waals surface area contributed by atoms with Crippen LogP contribution in [0.15, 0.2) is 36.4 Å². The summed E-state index contributed by atoms with van der Waals surface area (Å²) in [6.45, 7) is 4.09. The maximum Gasteiger partial charge on any atom is 0.150 e. The van der Waals surface area contributed by atoms with Crippen LogP contribution in [-0.2, 0) is 0 Å². The van der Waals surface area contributed by atoms with Crippen LogP contribution in [0.25, 0.3) is 0 Å². The van der Waals surface area contributed by atoms with Gasteiger partial charge in [-0.25, -0.2) is 0 Å². The quantitative estimate of drug-likeness (QED) is 0.836. The monoisotopic (exact) mass is 243 g/mol. The number of hydrogen-bond acceptors (Lipinski definition) is 3. The highest BCUT2D eigenvalue weighted by Crippen LogP contribution is 2.32. The SMILES string of the molecule is COc1ccc(Oc2cccc(C)c2C)c(N)c1. The van der Waals surface area contributed by atoms with E-state index in [4.69, 9.17) is 15.2 Å². The lowest BCUT2D eigenvalue weighted by molar-refractivity contribution is 0.413. The number of hydrogen-bond donors (Lipinski definition) is 1. The molecule has 3 nitrogen and oxygen atoms in total. The van der Waals surface area contributed by atoms with Crippen LogP contribution >= 0.6 is 0 Å². The van der Waals surface area contributed by atoms with Gasteiger partial charge in [0.2, 0.25) is 0 Å². The van der Waals surface area contributed by atoms with Gasteiger partial charge in [-0.05, 0) is 43.2 Å². The molecule has 0 heterocycles. The molecule has 2 aromatic rings. The van der Waals surface area contributed by atoms with E-state index in [2.05, 4.69) is 13.0 Å². The maximum atomic E-state index is 5.93. The second kappa shape index (κ2) is 5.00. The van der Waals surface area contributed by atoms with Gasteiger partial charge in [0, 0.05) is 6.07 Å². The first-order valence-electron chi connectivity index (χ1n) is 5.79. The number of anilines is 1. The first kappa shape index (κ1) is 12.3. The fraction of sp³-hybridized carbons (Fsp3) is 0.200. The lowest BCUT2D eigenvalue weighted by Gasteiger charge is -2.12. The molecule has 2 N–H and O–H groups in total. The van der Waals surface area contributed by atoms with Crippen LogP contribution in [0.1, 0.15) is 11.1 Å². The van der Waals surface area contributed by atoms with Crippen LogP contribution in [0, 0.1) is 13.8 Å². The van der Waals surface area contributed by atoms with Crippen molar-refractivity contribution in [3.63, 3.8) is 0 Å². The predicted molar refractivity (Wildman–Crippen MR) is 73.4 cm³/mol. The van der Waals surface area contributed by atoms with Crippen molar-refractivity contribution in [3.8, 4) is 17.2 Å². The van der Waals surface area contributed by atoms with E-state index in [0.29, 0.717) is 11.4 Å². The van der Waals surface area contributed by atoms with Gasteiger partial charge in [0.05, 0.1) is 12.8 Å². The van der Waals surface area contributed by atoms with Gasteiger partial charge < -0.3 is 15.2 Å². The van der Waals surface area contributed by atoms with E-state index in [-0.39, 0.29) is 0 Å². The van der Waals surface area contributed by atoms with E-state index < -0.39 is 0 Å². The van der Waals surface area contributed by atoms with Gasteiger partial charge in [0.15, 0.2) is 5.75 Å². The molecule has 2 aromatic carbocycles. The Bertz CT molecular complexity index is 564. The molecule has 94 valence electrons. The number of nitrogens with two attached hydrogens (primary N) is 1. The normalized spacial score (nSPS) is 10.2. The lowest BCUT2D eigenvalue weighted by atomic mass is 10.1. The van der Waals surface area contributed by atoms with Crippen molar-refractivity contribution in [3.05, 3.63) is 47.5 Å². The number of benzene rings is 2. The van der Waals surface area contributed by atoms with Gasteiger partial charge in [0.25, 0.3) is 0 Å². The molecule has 0 amide bonds. The van der Waals surface area contributed by atoms with Crippen LogP contribution in [0.5, 0.6) is 17.2 Å². The largest absolute Gasteiger partial charge is 0.497 e. The molecule has 0 aromatic heterocycles. The number of aryl methyl sites for hydroxylation is 1. The van der Waals surface area contributed by atoms with Crippen molar-refractivity contribution >= 4 is 5.69 Å². The van der Waals surface area contributed by atoms with Crippen LogP contribution in [0.2, 0.25) is 0 Å². The van der Waals surface area contributed by atoms with Gasteiger partial charge in [-0.2, -0.15) is 0 Å². The van der Waals surface area contributed by atoms with Gasteiger partial charge in [-0.3, -0.25) is 0 Å². The van der Waals surface area contributed by atoms with E-state index in [1.807, 2.05) is 31.2 Å². The van der Waals surface area contributed by atoms with Crippen molar-refractivity contribution in [1.82, 2.24) is 0 Å². The molecule has 0 aliphatic rings.